The molecule has 2 rings (SSSR count). The lowest BCUT2D eigenvalue weighted by atomic mass is 10.1. The molecule has 0 fully saturated rings. The molecule has 0 unspecified atom stereocenters. The Kier molecular flexibility index (Phi) is 4.14. The summed E-state index contributed by atoms with van der Waals surface area (Å²) in [6.45, 7) is 0.459. The van der Waals surface area contributed by atoms with Gasteiger partial charge in [-0.1, -0.05) is 23.4 Å². The average molecular weight is 274 g/mol. The molecule has 20 heavy (non-hydrogen) atoms. The zero-order valence-corrected chi connectivity index (χ0v) is 11.0. The van der Waals surface area contributed by atoms with Crippen molar-refractivity contribution in [1.82, 2.24) is 4.98 Å². The fraction of sp³-hybridized carbons (Fsp3) is 0.143. The number of anilines is 1. The molecule has 0 saturated carbocycles. The molecule has 0 amide bonds. The molecule has 0 aliphatic heterocycles. The highest BCUT2D eigenvalue weighted by Crippen LogP contribution is 2.16. The molecule has 1 heterocycles. The van der Waals surface area contributed by atoms with Crippen LogP contribution in [0.15, 0.2) is 47.8 Å². The normalized spacial score (nSPS) is 11.4. The molecule has 0 spiro atoms. The lowest BCUT2D eigenvalue weighted by Gasteiger charge is -2.18. The molecule has 0 aliphatic rings. The van der Waals surface area contributed by atoms with Crippen molar-refractivity contribution in [2.45, 2.75) is 6.54 Å². The van der Waals surface area contributed by atoms with Crippen molar-refractivity contribution in [3.63, 3.8) is 0 Å². The summed E-state index contributed by atoms with van der Waals surface area (Å²) in [7, 11) is 1.75. The third-order valence-corrected chi connectivity index (χ3v) is 2.85. The maximum atomic E-state index is 13.6. The van der Waals surface area contributed by atoms with Crippen molar-refractivity contribution in [2.75, 3.05) is 11.9 Å². The molecule has 0 bridgehead atoms. The summed E-state index contributed by atoms with van der Waals surface area (Å²) in [6.07, 6.45) is 1.54. The van der Waals surface area contributed by atoms with Gasteiger partial charge in [-0.05, 0) is 23.8 Å². The van der Waals surface area contributed by atoms with Gasteiger partial charge < -0.3 is 15.8 Å². The minimum Gasteiger partial charge on any atom is -0.409 e. The van der Waals surface area contributed by atoms with E-state index in [4.69, 9.17) is 10.9 Å². The van der Waals surface area contributed by atoms with E-state index in [1.165, 1.54) is 6.07 Å². The number of pyridine rings is 1. The third kappa shape index (κ3) is 3.03. The van der Waals surface area contributed by atoms with E-state index in [9.17, 15) is 4.39 Å². The molecule has 6 heteroatoms. The molecule has 0 radical (unpaired) electrons. The Balaban J connectivity index is 2.20. The molecule has 1 aromatic heterocycles. The third-order valence-electron chi connectivity index (χ3n) is 2.85. The molecule has 2 aromatic rings. The fourth-order valence-electron chi connectivity index (χ4n) is 1.89. The molecule has 5 nitrogen and oxygen atoms in total. The first-order chi connectivity index (χ1) is 9.61. The van der Waals surface area contributed by atoms with Gasteiger partial charge in [-0.3, -0.25) is 0 Å². The minimum absolute atomic E-state index is 0.0403. The Hall–Kier alpha value is -2.63. The van der Waals surface area contributed by atoms with Crippen molar-refractivity contribution in [3.05, 3.63) is 59.5 Å². The summed E-state index contributed by atoms with van der Waals surface area (Å²) >= 11 is 0. The largest absolute Gasteiger partial charge is 0.409 e. The van der Waals surface area contributed by atoms with Crippen LogP contribution < -0.4 is 10.6 Å². The minimum atomic E-state index is -0.373. The Morgan fingerprint density at radius 3 is 2.90 bits per heavy atom. The van der Waals surface area contributed by atoms with Crippen molar-refractivity contribution in [2.24, 2.45) is 10.9 Å². The Morgan fingerprint density at radius 2 is 2.20 bits per heavy atom. The number of rotatable bonds is 4. The van der Waals surface area contributed by atoms with Crippen LogP contribution in [0.2, 0.25) is 0 Å². The van der Waals surface area contributed by atoms with Gasteiger partial charge in [0.2, 0.25) is 0 Å². The second-order valence-electron chi connectivity index (χ2n) is 4.35. The zero-order valence-electron chi connectivity index (χ0n) is 11.0. The Bertz CT molecular complexity index is 630. The van der Waals surface area contributed by atoms with Crippen LogP contribution in [0.3, 0.4) is 0 Å². The molecule has 0 aliphatic carbocycles. The Morgan fingerprint density at radius 1 is 1.40 bits per heavy atom. The zero-order chi connectivity index (χ0) is 14.5. The summed E-state index contributed by atoms with van der Waals surface area (Å²) in [5.41, 5.74) is 7.06. The molecule has 0 saturated heterocycles. The molecule has 104 valence electrons. The van der Waals surface area contributed by atoms with Crippen LogP contribution in [0.25, 0.3) is 0 Å². The predicted molar refractivity (Wildman–Crippen MR) is 75.3 cm³/mol. The quantitative estimate of drug-likeness (QED) is 0.387. The van der Waals surface area contributed by atoms with Gasteiger partial charge in [0.25, 0.3) is 0 Å². The van der Waals surface area contributed by atoms with Gasteiger partial charge in [0.05, 0.1) is 0 Å². The Labute approximate surface area is 116 Å². The van der Waals surface area contributed by atoms with E-state index in [-0.39, 0.29) is 17.5 Å². The highest BCUT2D eigenvalue weighted by Gasteiger charge is 2.09. The van der Waals surface area contributed by atoms with Crippen molar-refractivity contribution >= 4 is 11.7 Å². The van der Waals surface area contributed by atoms with E-state index < -0.39 is 0 Å². The van der Waals surface area contributed by atoms with Crippen LogP contribution in [-0.4, -0.2) is 23.1 Å². The second kappa shape index (κ2) is 6.01. The smallest absolute Gasteiger partial charge is 0.170 e. The van der Waals surface area contributed by atoms with Crippen molar-refractivity contribution < 1.29 is 9.60 Å². The number of nitrogens with two attached hydrogens (primary N) is 1. The standard InChI is InChI=1S/C14H15FN4O/c1-19(14-12(15)6-3-7-17-14)9-10-4-2-5-11(8-10)13(16)18-20/h2-8,20H,9H2,1H3,(H2,16,18). The highest BCUT2D eigenvalue weighted by molar-refractivity contribution is 5.97. The monoisotopic (exact) mass is 274 g/mol. The number of hydrogen-bond acceptors (Lipinski definition) is 4. The van der Waals surface area contributed by atoms with Crippen LogP contribution in [0.4, 0.5) is 10.2 Å². The molecule has 3 N–H and O–H groups in total. The van der Waals surface area contributed by atoms with Crippen LogP contribution >= 0.6 is 0 Å². The molecular weight excluding hydrogens is 259 g/mol. The summed E-state index contributed by atoms with van der Waals surface area (Å²) in [6, 6.07) is 10.1. The summed E-state index contributed by atoms with van der Waals surface area (Å²) < 4.78 is 13.6. The number of oxime groups is 1. The number of nitrogens with zero attached hydrogens (tertiary/aromatic N) is 3. The molecule has 1 aromatic carbocycles. The fourth-order valence-corrected chi connectivity index (χ4v) is 1.89. The first-order valence-electron chi connectivity index (χ1n) is 6.00. The van der Waals surface area contributed by atoms with E-state index in [0.717, 1.165) is 5.56 Å². The predicted octanol–water partition coefficient (Wildman–Crippen LogP) is 1.95. The van der Waals surface area contributed by atoms with Crippen LogP contribution in [0.1, 0.15) is 11.1 Å². The van der Waals surface area contributed by atoms with Gasteiger partial charge in [0.15, 0.2) is 17.5 Å². The van der Waals surface area contributed by atoms with E-state index in [1.54, 1.807) is 42.4 Å². The van der Waals surface area contributed by atoms with E-state index in [1.807, 2.05) is 6.07 Å². The average Bonchev–Trinajstić information content (AvgIpc) is 2.47. The SMILES string of the molecule is CN(Cc1cccc(/C(N)=N/O)c1)c1ncccc1F. The maximum Gasteiger partial charge on any atom is 0.170 e. The number of amidine groups is 1. The van der Waals surface area contributed by atoms with Crippen molar-refractivity contribution in [3.8, 4) is 0 Å². The van der Waals surface area contributed by atoms with E-state index >= 15 is 0 Å². The first kappa shape index (κ1) is 13.8. The molecular formula is C14H15FN4O. The van der Waals surface area contributed by atoms with E-state index in [0.29, 0.717) is 12.1 Å². The topological polar surface area (TPSA) is 74.7 Å². The van der Waals surface area contributed by atoms with Gasteiger partial charge in [0.1, 0.15) is 0 Å². The van der Waals surface area contributed by atoms with Gasteiger partial charge in [0, 0.05) is 25.4 Å². The first-order valence-corrected chi connectivity index (χ1v) is 6.00. The molecule has 0 atom stereocenters. The number of halogens is 1. The van der Waals surface area contributed by atoms with Gasteiger partial charge in [-0.2, -0.15) is 0 Å². The second-order valence-corrected chi connectivity index (χ2v) is 4.35. The summed E-state index contributed by atoms with van der Waals surface area (Å²) in [4.78, 5) is 5.71. The maximum absolute atomic E-state index is 13.6. The van der Waals surface area contributed by atoms with Crippen LogP contribution in [-0.2, 0) is 6.54 Å². The number of hydrogen-bond donors (Lipinski definition) is 2. The van der Waals surface area contributed by atoms with Gasteiger partial charge in [-0.15, -0.1) is 0 Å². The number of aromatic nitrogens is 1. The van der Waals surface area contributed by atoms with Crippen LogP contribution in [0, 0.1) is 5.82 Å². The summed E-state index contributed by atoms with van der Waals surface area (Å²) in [5.74, 6) is -0.0530. The highest BCUT2D eigenvalue weighted by atomic mass is 19.1. The summed E-state index contributed by atoms with van der Waals surface area (Å²) in [5, 5.41) is 11.6. The van der Waals surface area contributed by atoms with E-state index in [2.05, 4.69) is 10.1 Å². The van der Waals surface area contributed by atoms with Crippen molar-refractivity contribution in [1.29, 1.82) is 0 Å². The lowest BCUT2D eigenvalue weighted by Crippen LogP contribution is -2.20. The van der Waals surface area contributed by atoms with Gasteiger partial charge >= 0.3 is 0 Å². The van der Waals surface area contributed by atoms with Gasteiger partial charge in [-0.25, -0.2) is 9.37 Å². The number of benzene rings is 1. The lowest BCUT2D eigenvalue weighted by molar-refractivity contribution is 0.318. The van der Waals surface area contributed by atoms with Crippen LogP contribution in [0.5, 0.6) is 0 Å².